The average Bonchev–Trinajstić information content (AvgIpc) is 3.26. The van der Waals surface area contributed by atoms with Crippen LogP contribution >= 0.6 is 0 Å². The maximum atomic E-state index is 13.8. The summed E-state index contributed by atoms with van der Waals surface area (Å²) in [6.07, 6.45) is 2.14. The van der Waals surface area contributed by atoms with Crippen molar-refractivity contribution < 1.29 is 18.7 Å². The van der Waals surface area contributed by atoms with E-state index in [0.29, 0.717) is 30.8 Å². The van der Waals surface area contributed by atoms with Gasteiger partial charge in [-0.05, 0) is 50.9 Å². The van der Waals surface area contributed by atoms with Gasteiger partial charge in [-0.2, -0.15) is 5.10 Å². The Balaban J connectivity index is 1.54. The Kier molecular flexibility index (Phi) is 7.18. The van der Waals surface area contributed by atoms with Crippen molar-refractivity contribution in [3.63, 3.8) is 0 Å². The van der Waals surface area contributed by atoms with Gasteiger partial charge in [-0.15, -0.1) is 0 Å². The van der Waals surface area contributed by atoms with Gasteiger partial charge < -0.3 is 4.74 Å². The Labute approximate surface area is 194 Å². The number of esters is 1. The highest BCUT2D eigenvalue weighted by molar-refractivity contribution is 6.03. The van der Waals surface area contributed by atoms with Gasteiger partial charge in [0.25, 0.3) is 5.91 Å². The number of carbonyl (C=O) groups is 2. The Bertz CT molecular complexity index is 1040. The van der Waals surface area contributed by atoms with Crippen LogP contribution in [0, 0.1) is 18.7 Å². The topological polar surface area (TPSA) is 62.2 Å². The summed E-state index contributed by atoms with van der Waals surface area (Å²) in [5.74, 6) is -0.856. The molecule has 6 nitrogen and oxygen atoms in total. The molecule has 0 saturated carbocycles. The minimum atomic E-state index is -0.329. The van der Waals surface area contributed by atoms with Gasteiger partial charge in [0.1, 0.15) is 5.82 Å². The molecule has 33 heavy (non-hydrogen) atoms. The van der Waals surface area contributed by atoms with Gasteiger partial charge in [-0.3, -0.25) is 14.5 Å². The van der Waals surface area contributed by atoms with E-state index in [1.54, 1.807) is 18.0 Å². The van der Waals surface area contributed by atoms with Crippen LogP contribution < -0.4 is 0 Å². The highest BCUT2D eigenvalue weighted by atomic mass is 19.1. The number of aryl methyl sites for hydroxylation is 1. The van der Waals surface area contributed by atoms with Gasteiger partial charge >= 0.3 is 5.97 Å². The van der Waals surface area contributed by atoms with Gasteiger partial charge in [-0.1, -0.05) is 42.0 Å². The van der Waals surface area contributed by atoms with Crippen LogP contribution in [0.3, 0.4) is 0 Å². The van der Waals surface area contributed by atoms with E-state index in [2.05, 4.69) is 5.10 Å². The van der Waals surface area contributed by atoms with Crippen molar-refractivity contribution in [2.45, 2.75) is 39.2 Å². The summed E-state index contributed by atoms with van der Waals surface area (Å²) in [4.78, 5) is 27.6. The third kappa shape index (κ3) is 5.47. The molecule has 2 atom stereocenters. The lowest BCUT2D eigenvalue weighted by atomic mass is 9.97. The van der Waals surface area contributed by atoms with Crippen LogP contribution in [0.4, 0.5) is 4.39 Å². The van der Waals surface area contributed by atoms with Crippen molar-refractivity contribution >= 4 is 17.6 Å². The van der Waals surface area contributed by atoms with Crippen LogP contribution in [-0.4, -0.2) is 53.7 Å². The largest absolute Gasteiger partial charge is 0.466 e. The number of hydrogen-bond acceptors (Lipinski definition) is 5. The first-order valence-electron chi connectivity index (χ1n) is 11.6. The summed E-state index contributed by atoms with van der Waals surface area (Å²) in [6, 6.07) is 14.1. The first-order valence-corrected chi connectivity index (χ1v) is 11.6. The third-order valence-corrected chi connectivity index (χ3v) is 6.27. The first-order chi connectivity index (χ1) is 15.9. The highest BCUT2D eigenvalue weighted by Crippen LogP contribution is 2.33. The molecule has 0 N–H and O–H groups in total. The number of hydrogen-bond donors (Lipinski definition) is 0. The van der Waals surface area contributed by atoms with Crippen molar-refractivity contribution in [3.8, 4) is 0 Å². The Morgan fingerprint density at radius 1 is 1.18 bits per heavy atom. The molecule has 0 unspecified atom stereocenters. The molecule has 2 aromatic rings. The van der Waals surface area contributed by atoms with Gasteiger partial charge in [0, 0.05) is 18.5 Å². The number of halogens is 1. The molecule has 2 aromatic carbocycles. The molecular formula is C26H30FN3O3. The van der Waals surface area contributed by atoms with Crippen molar-refractivity contribution in [1.29, 1.82) is 0 Å². The maximum Gasteiger partial charge on any atom is 0.310 e. The predicted molar refractivity (Wildman–Crippen MR) is 124 cm³/mol. The van der Waals surface area contributed by atoms with Gasteiger partial charge in [0.15, 0.2) is 0 Å². The standard InChI is InChI=1S/C26H30FN3O3/c1-3-33-26(32)21-7-5-13-29(16-21)17-25(31)30-24(19-11-9-18(2)10-12-19)15-23(28-30)20-6-4-8-22(27)14-20/h4,6,8-12,14,21,24H,3,5,7,13,15-17H2,1-2H3/t21-,24+/m1/s1. The number of hydrazone groups is 1. The quantitative estimate of drug-likeness (QED) is 0.621. The van der Waals surface area contributed by atoms with Crippen LogP contribution in [-0.2, 0) is 14.3 Å². The fourth-order valence-electron chi connectivity index (χ4n) is 4.55. The number of rotatable bonds is 6. The average molecular weight is 452 g/mol. The predicted octanol–water partition coefficient (Wildman–Crippen LogP) is 4.09. The van der Waals surface area contributed by atoms with Crippen LogP contribution in [0.2, 0.25) is 0 Å². The van der Waals surface area contributed by atoms with E-state index in [4.69, 9.17) is 4.74 Å². The molecule has 7 heteroatoms. The second-order valence-electron chi connectivity index (χ2n) is 8.75. The van der Waals surface area contributed by atoms with Crippen molar-refractivity contribution in [3.05, 3.63) is 71.0 Å². The number of carbonyl (C=O) groups excluding carboxylic acids is 2. The van der Waals surface area contributed by atoms with E-state index in [-0.39, 0.29) is 36.2 Å². The maximum absolute atomic E-state index is 13.8. The van der Waals surface area contributed by atoms with E-state index in [9.17, 15) is 14.0 Å². The zero-order valence-corrected chi connectivity index (χ0v) is 19.2. The van der Waals surface area contributed by atoms with Gasteiger partial charge in [0.05, 0.1) is 30.8 Å². The normalized spacial score (nSPS) is 21.1. The summed E-state index contributed by atoms with van der Waals surface area (Å²) in [6.45, 7) is 5.62. The Hall–Kier alpha value is -3.06. The van der Waals surface area contributed by atoms with Crippen molar-refractivity contribution in [2.24, 2.45) is 11.0 Å². The molecule has 0 aromatic heterocycles. The molecule has 0 bridgehead atoms. The number of ether oxygens (including phenoxy) is 1. The lowest BCUT2D eigenvalue weighted by Gasteiger charge is -2.32. The van der Waals surface area contributed by atoms with Crippen molar-refractivity contribution in [1.82, 2.24) is 9.91 Å². The smallest absolute Gasteiger partial charge is 0.310 e. The number of nitrogens with zero attached hydrogens (tertiary/aromatic N) is 3. The fourth-order valence-corrected chi connectivity index (χ4v) is 4.55. The summed E-state index contributed by atoms with van der Waals surface area (Å²) < 4.78 is 19.0. The molecule has 0 radical (unpaired) electrons. The van der Waals surface area contributed by atoms with E-state index < -0.39 is 0 Å². The number of piperidine rings is 1. The minimum absolute atomic E-state index is 0.128. The zero-order valence-electron chi connectivity index (χ0n) is 19.2. The summed E-state index contributed by atoms with van der Waals surface area (Å²) in [5.41, 5.74) is 3.51. The highest BCUT2D eigenvalue weighted by Gasteiger charge is 2.35. The van der Waals surface area contributed by atoms with Crippen LogP contribution in [0.25, 0.3) is 0 Å². The number of amides is 1. The summed E-state index contributed by atoms with van der Waals surface area (Å²) >= 11 is 0. The third-order valence-electron chi connectivity index (χ3n) is 6.27. The van der Waals surface area contributed by atoms with E-state index >= 15 is 0 Å². The second kappa shape index (κ2) is 10.3. The summed E-state index contributed by atoms with van der Waals surface area (Å²) in [5, 5.41) is 6.18. The monoisotopic (exact) mass is 451 g/mol. The SMILES string of the molecule is CCOC(=O)[C@@H]1CCCN(CC(=O)N2N=C(c3cccc(F)c3)C[C@H]2c2ccc(C)cc2)C1. The molecule has 1 amide bonds. The van der Waals surface area contributed by atoms with Gasteiger partial charge in [0.2, 0.25) is 0 Å². The van der Waals surface area contributed by atoms with Crippen molar-refractivity contribution in [2.75, 3.05) is 26.2 Å². The lowest BCUT2D eigenvalue weighted by molar-refractivity contribution is -0.150. The molecule has 4 rings (SSSR count). The second-order valence-corrected chi connectivity index (χ2v) is 8.75. The van der Waals surface area contributed by atoms with Crippen LogP contribution in [0.1, 0.15) is 48.9 Å². The summed E-state index contributed by atoms with van der Waals surface area (Å²) in [7, 11) is 0. The number of benzene rings is 2. The first kappa shape index (κ1) is 23.1. The fraction of sp³-hybridized carbons (Fsp3) is 0.423. The van der Waals surface area contributed by atoms with E-state index in [0.717, 1.165) is 30.5 Å². The molecule has 174 valence electrons. The van der Waals surface area contributed by atoms with Crippen LogP contribution in [0.15, 0.2) is 53.6 Å². The molecular weight excluding hydrogens is 421 g/mol. The lowest BCUT2D eigenvalue weighted by Crippen LogP contribution is -2.44. The molecule has 0 aliphatic carbocycles. The van der Waals surface area contributed by atoms with Gasteiger partial charge in [-0.25, -0.2) is 9.40 Å². The minimum Gasteiger partial charge on any atom is -0.466 e. The molecule has 2 aliphatic rings. The zero-order chi connectivity index (χ0) is 23.4. The molecule has 2 heterocycles. The van der Waals surface area contributed by atoms with E-state index in [1.807, 2.05) is 42.2 Å². The van der Waals surface area contributed by atoms with E-state index in [1.165, 1.54) is 12.1 Å². The number of likely N-dealkylation sites (tertiary alicyclic amines) is 1. The Morgan fingerprint density at radius 2 is 1.97 bits per heavy atom. The van der Waals surface area contributed by atoms with Crippen LogP contribution in [0.5, 0.6) is 0 Å². The molecule has 0 spiro atoms. The molecule has 1 saturated heterocycles. The molecule has 2 aliphatic heterocycles. The Morgan fingerprint density at radius 3 is 2.70 bits per heavy atom. The molecule has 1 fully saturated rings.